The predicted octanol–water partition coefficient (Wildman–Crippen LogP) is 1.20. The maximum Gasteiger partial charge on any atom is 0.233 e. The summed E-state index contributed by atoms with van der Waals surface area (Å²) in [5, 5.41) is 1.30. The van der Waals surface area contributed by atoms with Gasteiger partial charge in [0, 0.05) is 6.54 Å². The normalized spacial score (nSPS) is 9.40. The molecule has 0 spiro atoms. The molecule has 0 heterocycles. The van der Waals surface area contributed by atoms with Gasteiger partial charge in [0.25, 0.3) is 0 Å². The van der Waals surface area contributed by atoms with Crippen LogP contribution in [0.15, 0.2) is 0 Å². The monoisotopic (exact) mass is 145 g/mol. The molecule has 0 radical (unpaired) electrons. The van der Waals surface area contributed by atoms with Crippen LogP contribution in [0.25, 0.3) is 0 Å². The van der Waals surface area contributed by atoms with E-state index in [1.165, 1.54) is 5.06 Å². The summed E-state index contributed by atoms with van der Waals surface area (Å²) in [6, 6.07) is 0. The molecule has 3 heteroatoms. The Balaban J connectivity index is 3.17. The second-order valence-electron chi connectivity index (χ2n) is 2.03. The molecular formula is C7H15NO2. The first kappa shape index (κ1) is 9.43. The molecule has 3 nitrogen and oxygen atoms in total. The Morgan fingerprint density at radius 2 is 2.20 bits per heavy atom. The van der Waals surface area contributed by atoms with Gasteiger partial charge in [0.05, 0.1) is 6.61 Å². The lowest BCUT2D eigenvalue weighted by Gasteiger charge is -2.13. The predicted molar refractivity (Wildman–Crippen MR) is 39.3 cm³/mol. The summed E-state index contributed by atoms with van der Waals surface area (Å²) < 4.78 is 0. The van der Waals surface area contributed by atoms with E-state index in [0.29, 0.717) is 19.6 Å². The minimum atomic E-state index is 0.618. The molecule has 0 bridgehead atoms. The van der Waals surface area contributed by atoms with E-state index in [4.69, 9.17) is 4.84 Å². The zero-order valence-corrected chi connectivity index (χ0v) is 6.67. The van der Waals surface area contributed by atoms with Crippen LogP contribution in [0.2, 0.25) is 0 Å². The smallest absolute Gasteiger partial charge is 0.233 e. The van der Waals surface area contributed by atoms with Gasteiger partial charge in [0.1, 0.15) is 0 Å². The van der Waals surface area contributed by atoms with E-state index >= 15 is 0 Å². The van der Waals surface area contributed by atoms with Crippen molar-refractivity contribution in [2.24, 2.45) is 0 Å². The van der Waals surface area contributed by atoms with Crippen LogP contribution in [-0.2, 0) is 9.63 Å². The van der Waals surface area contributed by atoms with E-state index in [-0.39, 0.29) is 0 Å². The molecule has 0 aromatic carbocycles. The van der Waals surface area contributed by atoms with Crippen molar-refractivity contribution in [2.45, 2.75) is 26.7 Å². The number of amides is 1. The van der Waals surface area contributed by atoms with Crippen LogP contribution in [-0.4, -0.2) is 24.6 Å². The highest BCUT2D eigenvalue weighted by Gasteiger charge is 1.95. The van der Waals surface area contributed by atoms with E-state index < -0.39 is 0 Å². The highest BCUT2D eigenvalue weighted by Crippen LogP contribution is 1.90. The Labute approximate surface area is 61.9 Å². The lowest BCUT2D eigenvalue weighted by Crippen LogP contribution is -2.22. The van der Waals surface area contributed by atoms with Crippen molar-refractivity contribution in [1.29, 1.82) is 0 Å². The molecule has 0 unspecified atom stereocenters. The number of hydrogen-bond donors (Lipinski definition) is 0. The van der Waals surface area contributed by atoms with Crippen LogP contribution in [0.3, 0.4) is 0 Å². The topological polar surface area (TPSA) is 29.5 Å². The number of hydrogen-bond acceptors (Lipinski definition) is 2. The molecule has 0 aromatic heterocycles. The Bertz CT molecular complexity index is 85.7. The molecule has 0 atom stereocenters. The fourth-order valence-electron chi connectivity index (χ4n) is 0.522. The van der Waals surface area contributed by atoms with E-state index in [2.05, 4.69) is 6.92 Å². The standard InChI is InChI=1S/C7H15NO2/c1-3-5-6-10-8(4-2)7-9/h7H,3-6H2,1-2H3. The van der Waals surface area contributed by atoms with Crippen LogP contribution in [0.4, 0.5) is 0 Å². The Morgan fingerprint density at radius 3 is 2.60 bits per heavy atom. The summed E-state index contributed by atoms with van der Waals surface area (Å²) in [4.78, 5) is 15.2. The third-order valence-corrected chi connectivity index (χ3v) is 1.18. The first-order valence-corrected chi connectivity index (χ1v) is 3.70. The molecule has 0 aliphatic heterocycles. The Morgan fingerprint density at radius 1 is 1.50 bits per heavy atom. The first-order chi connectivity index (χ1) is 4.85. The van der Waals surface area contributed by atoms with Crippen molar-refractivity contribution < 1.29 is 9.63 Å². The van der Waals surface area contributed by atoms with Crippen LogP contribution in [0.1, 0.15) is 26.7 Å². The quantitative estimate of drug-likeness (QED) is 0.319. The lowest BCUT2D eigenvalue weighted by molar-refractivity contribution is -0.170. The van der Waals surface area contributed by atoms with Crippen LogP contribution in [0.5, 0.6) is 0 Å². The molecule has 0 fully saturated rings. The van der Waals surface area contributed by atoms with Crippen molar-refractivity contribution in [2.75, 3.05) is 13.2 Å². The average molecular weight is 145 g/mol. The summed E-state index contributed by atoms with van der Waals surface area (Å²) in [7, 11) is 0. The van der Waals surface area contributed by atoms with Gasteiger partial charge in [-0.1, -0.05) is 13.3 Å². The third kappa shape index (κ3) is 4.32. The number of carbonyl (C=O) groups excluding carboxylic acids is 1. The van der Waals surface area contributed by atoms with Gasteiger partial charge in [-0.15, -0.1) is 0 Å². The van der Waals surface area contributed by atoms with Crippen molar-refractivity contribution in [3.63, 3.8) is 0 Å². The van der Waals surface area contributed by atoms with Crippen molar-refractivity contribution in [3.8, 4) is 0 Å². The number of rotatable bonds is 6. The molecule has 0 rings (SSSR count). The van der Waals surface area contributed by atoms with E-state index in [9.17, 15) is 4.79 Å². The molecule has 1 amide bonds. The van der Waals surface area contributed by atoms with Gasteiger partial charge in [-0.3, -0.25) is 9.63 Å². The molecule has 0 aliphatic carbocycles. The zero-order valence-electron chi connectivity index (χ0n) is 6.67. The Kier molecular flexibility index (Phi) is 6.18. The van der Waals surface area contributed by atoms with Gasteiger partial charge in [-0.25, -0.2) is 5.06 Å². The van der Waals surface area contributed by atoms with E-state index in [1.807, 2.05) is 6.92 Å². The fourth-order valence-corrected chi connectivity index (χ4v) is 0.522. The molecule has 10 heavy (non-hydrogen) atoms. The van der Waals surface area contributed by atoms with Gasteiger partial charge in [0.2, 0.25) is 6.41 Å². The summed E-state index contributed by atoms with van der Waals surface area (Å²) in [6.07, 6.45) is 2.80. The molecule has 0 aliphatic rings. The summed E-state index contributed by atoms with van der Waals surface area (Å²) in [5.74, 6) is 0. The van der Waals surface area contributed by atoms with Gasteiger partial charge in [0.15, 0.2) is 0 Å². The second-order valence-corrected chi connectivity index (χ2v) is 2.03. The number of hydroxylamine groups is 2. The molecule has 0 saturated carbocycles. The largest absolute Gasteiger partial charge is 0.276 e. The second kappa shape index (κ2) is 6.55. The minimum Gasteiger partial charge on any atom is -0.276 e. The lowest BCUT2D eigenvalue weighted by atomic mass is 10.4. The van der Waals surface area contributed by atoms with Crippen molar-refractivity contribution in [3.05, 3.63) is 0 Å². The maximum absolute atomic E-state index is 10.1. The average Bonchev–Trinajstić information content (AvgIpc) is 1.99. The van der Waals surface area contributed by atoms with Gasteiger partial charge in [-0.05, 0) is 13.3 Å². The highest BCUT2D eigenvalue weighted by atomic mass is 16.7. The minimum absolute atomic E-state index is 0.618. The number of unbranched alkanes of at least 4 members (excludes halogenated alkanes) is 1. The Hall–Kier alpha value is -0.570. The van der Waals surface area contributed by atoms with E-state index in [0.717, 1.165) is 12.8 Å². The van der Waals surface area contributed by atoms with Crippen LogP contribution in [0, 0.1) is 0 Å². The first-order valence-electron chi connectivity index (χ1n) is 3.70. The summed E-state index contributed by atoms with van der Waals surface area (Å²) >= 11 is 0. The van der Waals surface area contributed by atoms with Crippen molar-refractivity contribution in [1.82, 2.24) is 5.06 Å². The maximum atomic E-state index is 10.1. The number of nitrogens with zero attached hydrogens (tertiary/aromatic N) is 1. The van der Waals surface area contributed by atoms with Crippen molar-refractivity contribution >= 4 is 6.41 Å². The fraction of sp³-hybridized carbons (Fsp3) is 0.857. The molecule has 0 N–H and O–H groups in total. The third-order valence-electron chi connectivity index (χ3n) is 1.18. The number of carbonyl (C=O) groups is 1. The molecular weight excluding hydrogens is 130 g/mol. The van der Waals surface area contributed by atoms with Gasteiger partial charge >= 0.3 is 0 Å². The van der Waals surface area contributed by atoms with Crippen LogP contribution >= 0.6 is 0 Å². The summed E-state index contributed by atoms with van der Waals surface area (Å²) in [6.45, 7) is 5.22. The van der Waals surface area contributed by atoms with Crippen LogP contribution < -0.4 is 0 Å². The summed E-state index contributed by atoms with van der Waals surface area (Å²) in [5.41, 5.74) is 0. The van der Waals surface area contributed by atoms with Gasteiger partial charge < -0.3 is 0 Å². The highest BCUT2D eigenvalue weighted by molar-refractivity contribution is 5.44. The molecule has 0 aromatic rings. The zero-order chi connectivity index (χ0) is 7.82. The molecule has 0 saturated heterocycles. The molecule has 60 valence electrons. The SMILES string of the molecule is CCCCON(C=O)CC. The van der Waals surface area contributed by atoms with E-state index in [1.54, 1.807) is 0 Å². The van der Waals surface area contributed by atoms with Gasteiger partial charge in [-0.2, -0.15) is 0 Å².